The molecule has 1 amide bonds. The molecule has 1 rings (SSSR count). The van der Waals surface area contributed by atoms with E-state index in [-0.39, 0.29) is 17.1 Å². The second kappa shape index (κ2) is 6.20. The minimum absolute atomic E-state index is 0.0314. The minimum Gasteiger partial charge on any atom is -0.384 e. The second-order valence-electron chi connectivity index (χ2n) is 3.60. The van der Waals surface area contributed by atoms with Gasteiger partial charge >= 0.3 is 0 Å². The normalized spacial score (nSPS) is 10.1. The van der Waals surface area contributed by atoms with E-state index in [1.807, 2.05) is 6.26 Å². The van der Waals surface area contributed by atoms with Crippen LogP contribution in [0.1, 0.15) is 10.4 Å². The summed E-state index contributed by atoms with van der Waals surface area (Å²) in [5, 5.41) is 10.8. The number of aromatic nitrogens is 1. The van der Waals surface area contributed by atoms with Crippen LogP contribution in [0.3, 0.4) is 0 Å². The summed E-state index contributed by atoms with van der Waals surface area (Å²) < 4.78 is 0. The van der Waals surface area contributed by atoms with Gasteiger partial charge in [-0.15, -0.1) is 0 Å². The summed E-state index contributed by atoms with van der Waals surface area (Å²) in [6, 6.07) is 1.23. The van der Waals surface area contributed by atoms with Gasteiger partial charge in [-0.2, -0.15) is 11.8 Å². The molecule has 0 saturated carbocycles. The predicted octanol–water partition coefficient (Wildman–Crippen LogP) is 1.01. The molecule has 0 unspecified atom stereocenters. The Morgan fingerprint density at radius 1 is 1.67 bits per heavy atom. The summed E-state index contributed by atoms with van der Waals surface area (Å²) in [6.07, 6.45) is 2.93. The van der Waals surface area contributed by atoms with Crippen molar-refractivity contribution in [3.8, 4) is 0 Å². The van der Waals surface area contributed by atoms with Crippen LogP contribution in [-0.4, -0.2) is 46.3 Å². The molecule has 18 heavy (non-hydrogen) atoms. The molecule has 1 aromatic heterocycles. The van der Waals surface area contributed by atoms with E-state index in [9.17, 15) is 14.9 Å². The number of pyridine rings is 1. The lowest BCUT2D eigenvalue weighted by Gasteiger charge is -2.16. The number of nitro groups is 1. The number of carbonyl (C=O) groups excluding carboxylic acids is 1. The van der Waals surface area contributed by atoms with Crippen molar-refractivity contribution in [1.29, 1.82) is 0 Å². The molecule has 0 atom stereocenters. The van der Waals surface area contributed by atoms with Crippen molar-refractivity contribution in [2.24, 2.45) is 0 Å². The Morgan fingerprint density at radius 3 is 2.89 bits per heavy atom. The van der Waals surface area contributed by atoms with Gasteiger partial charge in [0.05, 0.1) is 4.92 Å². The highest BCUT2D eigenvalue weighted by atomic mass is 32.2. The van der Waals surface area contributed by atoms with Gasteiger partial charge in [0, 0.05) is 19.3 Å². The highest BCUT2D eigenvalue weighted by Gasteiger charge is 2.23. The van der Waals surface area contributed by atoms with Crippen molar-refractivity contribution in [2.75, 3.05) is 31.3 Å². The monoisotopic (exact) mass is 270 g/mol. The van der Waals surface area contributed by atoms with Gasteiger partial charge in [0.25, 0.3) is 11.6 Å². The van der Waals surface area contributed by atoms with E-state index in [1.165, 1.54) is 11.0 Å². The molecule has 0 saturated heterocycles. The van der Waals surface area contributed by atoms with Gasteiger partial charge in [-0.25, -0.2) is 4.98 Å². The van der Waals surface area contributed by atoms with Gasteiger partial charge in [0.2, 0.25) is 0 Å². The summed E-state index contributed by atoms with van der Waals surface area (Å²) in [4.78, 5) is 27.3. The maximum atomic E-state index is 12.1. The zero-order chi connectivity index (χ0) is 13.7. The molecule has 0 bridgehead atoms. The average Bonchev–Trinajstić information content (AvgIpc) is 2.34. The van der Waals surface area contributed by atoms with Crippen LogP contribution in [0.4, 0.5) is 11.5 Å². The number of carbonyl (C=O) groups is 1. The Balaban J connectivity index is 3.03. The number of anilines is 1. The molecule has 0 aliphatic heterocycles. The van der Waals surface area contributed by atoms with E-state index in [0.717, 1.165) is 11.9 Å². The number of nitrogens with two attached hydrogens (primary N) is 1. The van der Waals surface area contributed by atoms with E-state index in [4.69, 9.17) is 5.73 Å². The van der Waals surface area contributed by atoms with Crippen molar-refractivity contribution < 1.29 is 9.72 Å². The number of amides is 1. The minimum atomic E-state index is -0.637. The third-order valence-corrected chi connectivity index (χ3v) is 2.90. The number of nitrogen functional groups attached to an aromatic ring is 1. The fourth-order valence-corrected chi connectivity index (χ4v) is 1.77. The predicted molar refractivity (Wildman–Crippen MR) is 70.6 cm³/mol. The van der Waals surface area contributed by atoms with Crippen LogP contribution < -0.4 is 5.73 Å². The molecule has 0 radical (unpaired) electrons. The van der Waals surface area contributed by atoms with Crippen molar-refractivity contribution in [1.82, 2.24) is 9.88 Å². The summed E-state index contributed by atoms with van der Waals surface area (Å²) in [5.74, 6) is 0.420. The van der Waals surface area contributed by atoms with Gasteiger partial charge in [0.15, 0.2) is 0 Å². The van der Waals surface area contributed by atoms with E-state index < -0.39 is 10.8 Å². The Labute approximate surface area is 109 Å². The first kappa shape index (κ1) is 14.2. The third kappa shape index (κ3) is 3.33. The molecule has 0 aromatic carbocycles. The first-order chi connectivity index (χ1) is 8.47. The van der Waals surface area contributed by atoms with Crippen molar-refractivity contribution in [3.63, 3.8) is 0 Å². The van der Waals surface area contributed by atoms with Crippen LogP contribution in [0.2, 0.25) is 0 Å². The van der Waals surface area contributed by atoms with E-state index >= 15 is 0 Å². The summed E-state index contributed by atoms with van der Waals surface area (Å²) in [6.45, 7) is 0.513. The Kier molecular flexibility index (Phi) is 4.90. The Bertz CT molecular complexity index is 466. The number of hydrogen-bond acceptors (Lipinski definition) is 6. The topological polar surface area (TPSA) is 102 Å². The fourth-order valence-electron chi connectivity index (χ4n) is 1.32. The summed E-state index contributed by atoms with van der Waals surface area (Å²) >= 11 is 1.59. The quantitative estimate of drug-likeness (QED) is 0.632. The molecule has 0 aliphatic carbocycles. The Morgan fingerprint density at radius 2 is 2.33 bits per heavy atom. The largest absolute Gasteiger partial charge is 0.384 e. The maximum Gasteiger partial charge on any atom is 0.300 e. The van der Waals surface area contributed by atoms with E-state index in [2.05, 4.69) is 4.98 Å². The lowest BCUT2D eigenvalue weighted by Crippen LogP contribution is -2.29. The number of rotatable bonds is 5. The zero-order valence-corrected chi connectivity index (χ0v) is 10.9. The van der Waals surface area contributed by atoms with Crippen molar-refractivity contribution in [2.45, 2.75) is 0 Å². The summed E-state index contributed by atoms with van der Waals surface area (Å²) in [7, 11) is 1.60. The van der Waals surface area contributed by atoms with Crippen LogP contribution in [0.15, 0.2) is 12.3 Å². The van der Waals surface area contributed by atoms with E-state index in [1.54, 1.807) is 18.8 Å². The SMILES string of the molecule is CSCCN(C)C(=O)c1cc(N)ncc1[N+](=O)[O-]. The van der Waals surface area contributed by atoms with Crippen molar-refractivity contribution >= 4 is 29.2 Å². The number of thioether (sulfide) groups is 1. The van der Waals surface area contributed by atoms with Crippen LogP contribution in [0.5, 0.6) is 0 Å². The molecule has 0 aliphatic rings. The molecule has 7 nitrogen and oxygen atoms in total. The Hall–Kier alpha value is -1.83. The molecule has 0 spiro atoms. The van der Waals surface area contributed by atoms with Crippen LogP contribution in [0.25, 0.3) is 0 Å². The van der Waals surface area contributed by atoms with Gasteiger partial charge < -0.3 is 10.6 Å². The first-order valence-corrected chi connectivity index (χ1v) is 6.51. The zero-order valence-electron chi connectivity index (χ0n) is 10.1. The lowest BCUT2D eigenvalue weighted by molar-refractivity contribution is -0.385. The molecule has 2 N–H and O–H groups in total. The van der Waals surface area contributed by atoms with Crippen LogP contribution >= 0.6 is 11.8 Å². The molecule has 8 heteroatoms. The van der Waals surface area contributed by atoms with Gasteiger partial charge in [-0.3, -0.25) is 14.9 Å². The van der Waals surface area contributed by atoms with Crippen molar-refractivity contribution in [3.05, 3.63) is 27.9 Å². The van der Waals surface area contributed by atoms with E-state index in [0.29, 0.717) is 6.54 Å². The molecular weight excluding hydrogens is 256 g/mol. The van der Waals surface area contributed by atoms with Gasteiger partial charge in [0.1, 0.15) is 17.6 Å². The standard InChI is InChI=1S/C10H14N4O3S/c1-13(3-4-18-2)10(15)7-5-9(11)12-6-8(7)14(16)17/h5-6H,3-4H2,1-2H3,(H2,11,12). The highest BCUT2D eigenvalue weighted by Crippen LogP contribution is 2.20. The third-order valence-electron chi connectivity index (χ3n) is 2.31. The van der Waals surface area contributed by atoms with Gasteiger partial charge in [-0.05, 0) is 12.3 Å². The van der Waals surface area contributed by atoms with Crippen LogP contribution in [-0.2, 0) is 0 Å². The lowest BCUT2D eigenvalue weighted by atomic mass is 10.2. The smallest absolute Gasteiger partial charge is 0.300 e. The molecule has 0 fully saturated rings. The number of nitrogens with zero attached hydrogens (tertiary/aromatic N) is 3. The summed E-state index contributed by atoms with van der Waals surface area (Å²) in [5.41, 5.74) is 5.10. The second-order valence-corrected chi connectivity index (χ2v) is 4.59. The van der Waals surface area contributed by atoms with Gasteiger partial charge in [-0.1, -0.05) is 0 Å². The molecule has 1 aromatic rings. The average molecular weight is 270 g/mol. The van der Waals surface area contributed by atoms with Crippen LogP contribution in [0, 0.1) is 10.1 Å². The molecular formula is C10H14N4O3S. The first-order valence-electron chi connectivity index (χ1n) is 5.11. The highest BCUT2D eigenvalue weighted by molar-refractivity contribution is 7.98. The molecule has 1 heterocycles. The number of hydrogen-bond donors (Lipinski definition) is 1. The molecule has 98 valence electrons. The fraction of sp³-hybridized carbons (Fsp3) is 0.400. The maximum absolute atomic E-state index is 12.1.